The lowest BCUT2D eigenvalue weighted by atomic mass is 10.5. The van der Waals surface area contributed by atoms with Crippen LogP contribution in [0.4, 0.5) is 11.6 Å². The summed E-state index contributed by atoms with van der Waals surface area (Å²) in [5.41, 5.74) is 0. The summed E-state index contributed by atoms with van der Waals surface area (Å²) < 4.78 is 0. The molecule has 1 heterocycles. The fourth-order valence-electron chi connectivity index (χ4n) is 0.633. The van der Waals surface area contributed by atoms with Gasteiger partial charge in [0.25, 0.3) is 0 Å². The second-order valence-corrected chi connectivity index (χ2v) is 1.80. The molecule has 0 aromatic carbocycles. The van der Waals surface area contributed by atoms with Crippen LogP contribution in [0.2, 0.25) is 0 Å². The molecule has 1 aromatic rings. The van der Waals surface area contributed by atoms with E-state index in [1.165, 1.54) is 6.33 Å². The summed E-state index contributed by atoms with van der Waals surface area (Å²) in [6, 6.07) is 1.63. The fourth-order valence-corrected chi connectivity index (χ4v) is 0.633. The molecule has 1 aromatic heterocycles. The van der Waals surface area contributed by atoms with E-state index in [4.69, 9.17) is 0 Å². The molecule has 0 aliphatic carbocycles. The first-order valence-electron chi connectivity index (χ1n) is 3.07. The number of aromatic nitrogens is 2. The molecular formula is C6H8N4O. The van der Waals surface area contributed by atoms with E-state index < -0.39 is 0 Å². The first-order chi connectivity index (χ1) is 5.36. The van der Waals surface area contributed by atoms with Crippen LogP contribution < -0.4 is 10.6 Å². The van der Waals surface area contributed by atoms with E-state index in [1.54, 1.807) is 13.1 Å². The molecule has 0 aliphatic heterocycles. The van der Waals surface area contributed by atoms with Crippen LogP contribution in [-0.2, 0) is 4.79 Å². The second kappa shape index (κ2) is 3.50. The maximum atomic E-state index is 9.98. The molecule has 0 saturated carbocycles. The van der Waals surface area contributed by atoms with Crippen molar-refractivity contribution in [3.8, 4) is 0 Å². The molecule has 0 saturated heterocycles. The van der Waals surface area contributed by atoms with Crippen LogP contribution in [0.5, 0.6) is 0 Å². The molecule has 0 unspecified atom stereocenters. The van der Waals surface area contributed by atoms with Gasteiger partial charge in [0.1, 0.15) is 18.0 Å². The van der Waals surface area contributed by atoms with Gasteiger partial charge in [-0.3, -0.25) is 4.79 Å². The molecule has 58 valence electrons. The predicted octanol–water partition coefficient (Wildman–Crippen LogP) is 0.0866. The largest absolute Gasteiger partial charge is 0.373 e. The molecule has 0 bridgehead atoms. The smallest absolute Gasteiger partial charge is 0.212 e. The van der Waals surface area contributed by atoms with Gasteiger partial charge in [-0.15, -0.1) is 0 Å². The molecule has 1 rings (SSSR count). The number of hydrogen-bond acceptors (Lipinski definition) is 4. The molecule has 2 N–H and O–H groups in total. The van der Waals surface area contributed by atoms with Crippen LogP contribution >= 0.6 is 0 Å². The van der Waals surface area contributed by atoms with Crippen molar-refractivity contribution >= 4 is 18.0 Å². The summed E-state index contributed by atoms with van der Waals surface area (Å²) in [7, 11) is 1.74. The average molecular weight is 152 g/mol. The van der Waals surface area contributed by atoms with Gasteiger partial charge in [-0.25, -0.2) is 9.97 Å². The molecule has 1 amide bonds. The lowest BCUT2D eigenvalue weighted by molar-refractivity contribution is -0.105. The molecule has 0 fully saturated rings. The van der Waals surface area contributed by atoms with Crippen molar-refractivity contribution < 1.29 is 4.79 Å². The van der Waals surface area contributed by atoms with Gasteiger partial charge >= 0.3 is 0 Å². The molecule has 11 heavy (non-hydrogen) atoms. The monoisotopic (exact) mass is 152 g/mol. The summed E-state index contributed by atoms with van der Waals surface area (Å²) in [6.07, 6.45) is 1.94. The third-order valence-corrected chi connectivity index (χ3v) is 1.13. The predicted molar refractivity (Wildman–Crippen MR) is 41.3 cm³/mol. The number of nitrogens with one attached hydrogen (secondary N) is 2. The van der Waals surface area contributed by atoms with E-state index in [2.05, 4.69) is 20.6 Å². The normalized spacial score (nSPS) is 8.82. The number of hydrogen-bond donors (Lipinski definition) is 2. The molecule has 0 aliphatic rings. The van der Waals surface area contributed by atoms with E-state index >= 15 is 0 Å². The Morgan fingerprint density at radius 1 is 1.45 bits per heavy atom. The molecule has 5 nitrogen and oxygen atoms in total. The number of nitrogens with zero attached hydrogens (tertiary/aromatic N) is 2. The molecule has 0 radical (unpaired) electrons. The summed E-state index contributed by atoms with van der Waals surface area (Å²) >= 11 is 0. The number of anilines is 2. The Bertz CT molecular complexity index is 250. The van der Waals surface area contributed by atoms with Gasteiger partial charge in [0.15, 0.2) is 0 Å². The van der Waals surface area contributed by atoms with Gasteiger partial charge in [0.05, 0.1) is 0 Å². The molecule has 0 atom stereocenters. The quantitative estimate of drug-likeness (QED) is 0.602. The van der Waals surface area contributed by atoms with Gasteiger partial charge in [-0.2, -0.15) is 0 Å². The van der Waals surface area contributed by atoms with Crippen molar-refractivity contribution in [1.82, 2.24) is 9.97 Å². The van der Waals surface area contributed by atoms with Crippen LogP contribution in [0.15, 0.2) is 12.4 Å². The van der Waals surface area contributed by atoms with Crippen LogP contribution in [0.1, 0.15) is 0 Å². The minimum Gasteiger partial charge on any atom is -0.373 e. The zero-order valence-corrected chi connectivity index (χ0v) is 6.03. The van der Waals surface area contributed by atoms with Crippen molar-refractivity contribution in [2.45, 2.75) is 0 Å². The van der Waals surface area contributed by atoms with Crippen molar-refractivity contribution in [1.29, 1.82) is 0 Å². The van der Waals surface area contributed by atoms with Gasteiger partial charge < -0.3 is 10.6 Å². The first-order valence-corrected chi connectivity index (χ1v) is 3.07. The highest BCUT2D eigenvalue weighted by atomic mass is 16.1. The van der Waals surface area contributed by atoms with Crippen LogP contribution in [-0.4, -0.2) is 23.4 Å². The Labute approximate surface area is 63.9 Å². The Balaban J connectivity index is 2.82. The van der Waals surface area contributed by atoms with Gasteiger partial charge in [0.2, 0.25) is 6.41 Å². The number of carbonyl (C=O) groups excluding carboxylic acids is 1. The molecule has 0 spiro atoms. The Hall–Kier alpha value is -1.65. The highest BCUT2D eigenvalue weighted by molar-refractivity contribution is 5.69. The van der Waals surface area contributed by atoms with Crippen molar-refractivity contribution in [2.75, 3.05) is 17.7 Å². The minimum absolute atomic E-state index is 0.486. The fraction of sp³-hybridized carbons (Fsp3) is 0.167. The zero-order chi connectivity index (χ0) is 8.10. The van der Waals surface area contributed by atoms with Gasteiger partial charge in [0, 0.05) is 13.1 Å². The Morgan fingerprint density at radius 2 is 2.18 bits per heavy atom. The van der Waals surface area contributed by atoms with Crippen LogP contribution in [0, 0.1) is 0 Å². The number of amides is 1. The van der Waals surface area contributed by atoms with E-state index in [-0.39, 0.29) is 0 Å². The maximum absolute atomic E-state index is 9.98. The SMILES string of the molecule is CNc1cc(NC=O)ncn1. The van der Waals surface area contributed by atoms with Crippen molar-refractivity contribution in [3.05, 3.63) is 12.4 Å². The summed E-state index contributed by atoms with van der Waals surface area (Å²) in [6.45, 7) is 0. The third kappa shape index (κ3) is 1.89. The summed E-state index contributed by atoms with van der Waals surface area (Å²) in [4.78, 5) is 17.6. The van der Waals surface area contributed by atoms with E-state index in [1.807, 2.05) is 0 Å². The maximum Gasteiger partial charge on any atom is 0.212 e. The van der Waals surface area contributed by atoms with E-state index in [0.29, 0.717) is 18.0 Å². The standard InChI is InChI=1S/C6H8N4O/c1-7-5-2-6(10-4-11)9-3-8-5/h2-4H,1H3,(H2,7,8,9,10,11). The number of rotatable bonds is 3. The van der Waals surface area contributed by atoms with E-state index in [9.17, 15) is 4.79 Å². The highest BCUT2D eigenvalue weighted by Gasteiger charge is 1.93. The van der Waals surface area contributed by atoms with Gasteiger partial charge in [-0.05, 0) is 0 Å². The minimum atomic E-state index is 0.486. The van der Waals surface area contributed by atoms with Crippen LogP contribution in [0.3, 0.4) is 0 Å². The average Bonchev–Trinajstić information content (AvgIpc) is 2.06. The first kappa shape index (κ1) is 7.46. The van der Waals surface area contributed by atoms with Gasteiger partial charge in [-0.1, -0.05) is 0 Å². The van der Waals surface area contributed by atoms with Crippen molar-refractivity contribution in [2.24, 2.45) is 0 Å². The lowest BCUT2D eigenvalue weighted by Crippen LogP contribution is -1.99. The summed E-state index contributed by atoms with van der Waals surface area (Å²) in [5.74, 6) is 1.16. The van der Waals surface area contributed by atoms with E-state index in [0.717, 1.165) is 0 Å². The zero-order valence-electron chi connectivity index (χ0n) is 6.03. The van der Waals surface area contributed by atoms with Crippen molar-refractivity contribution in [3.63, 3.8) is 0 Å². The molecular weight excluding hydrogens is 144 g/mol. The highest BCUT2D eigenvalue weighted by Crippen LogP contribution is 2.05. The molecule has 5 heteroatoms. The summed E-state index contributed by atoms with van der Waals surface area (Å²) in [5, 5.41) is 5.23. The number of carbonyl (C=O) groups is 1. The topological polar surface area (TPSA) is 66.9 Å². The lowest BCUT2D eigenvalue weighted by Gasteiger charge is -1.99. The third-order valence-electron chi connectivity index (χ3n) is 1.13. The second-order valence-electron chi connectivity index (χ2n) is 1.80. The Morgan fingerprint density at radius 3 is 2.82 bits per heavy atom. The van der Waals surface area contributed by atoms with Crippen LogP contribution in [0.25, 0.3) is 0 Å². The Kier molecular flexibility index (Phi) is 2.37.